The van der Waals surface area contributed by atoms with Gasteiger partial charge >= 0.3 is 0 Å². The molecule has 1 heterocycles. The summed E-state index contributed by atoms with van der Waals surface area (Å²) >= 11 is 7.44. The maximum atomic E-state index is 5.95. The Labute approximate surface area is 110 Å². The van der Waals surface area contributed by atoms with Crippen molar-refractivity contribution >= 4 is 29.1 Å². The van der Waals surface area contributed by atoms with Gasteiger partial charge in [-0.1, -0.05) is 23.7 Å². The minimum absolute atomic E-state index is 0.522. The molecule has 2 aromatic rings. The van der Waals surface area contributed by atoms with Gasteiger partial charge in [-0.3, -0.25) is 0 Å². The predicted molar refractivity (Wildman–Crippen MR) is 74.4 cm³/mol. The fourth-order valence-corrected chi connectivity index (χ4v) is 2.45. The monoisotopic (exact) mass is 264 g/mol. The van der Waals surface area contributed by atoms with Crippen LogP contribution >= 0.6 is 23.4 Å². The van der Waals surface area contributed by atoms with Crippen molar-refractivity contribution in [2.75, 3.05) is 5.73 Å². The first-order chi connectivity index (χ1) is 8.15. The maximum absolute atomic E-state index is 5.95. The van der Waals surface area contributed by atoms with Crippen LogP contribution in [0.15, 0.2) is 41.4 Å². The van der Waals surface area contributed by atoms with Crippen LogP contribution in [0.4, 0.5) is 5.69 Å². The molecule has 0 amide bonds. The topological polar surface area (TPSA) is 38.9 Å². The first kappa shape index (κ1) is 12.3. The smallest absolute Gasteiger partial charge is 0.129 e. The number of aryl methyl sites for hydroxylation is 1. The Morgan fingerprint density at radius 1 is 1.29 bits per heavy atom. The first-order valence-electron chi connectivity index (χ1n) is 5.24. The number of nitrogens with zero attached hydrogens (tertiary/aromatic N) is 1. The molecule has 0 spiro atoms. The molecule has 0 radical (unpaired) electrons. The Bertz CT molecular complexity index is 511. The lowest BCUT2D eigenvalue weighted by atomic mass is 10.2. The molecule has 1 aromatic carbocycles. The highest BCUT2D eigenvalue weighted by molar-refractivity contribution is 7.98. The minimum atomic E-state index is 0.522. The summed E-state index contributed by atoms with van der Waals surface area (Å²) < 4.78 is 0. The van der Waals surface area contributed by atoms with Gasteiger partial charge in [-0.2, -0.15) is 0 Å². The van der Waals surface area contributed by atoms with Gasteiger partial charge in [-0.15, -0.1) is 11.8 Å². The molecule has 0 saturated carbocycles. The Balaban J connectivity index is 2.04. The lowest BCUT2D eigenvalue weighted by Gasteiger charge is -2.06. The summed E-state index contributed by atoms with van der Waals surface area (Å²) in [4.78, 5) is 5.15. The van der Waals surface area contributed by atoms with Crippen LogP contribution in [0, 0.1) is 6.92 Å². The van der Waals surface area contributed by atoms with Crippen LogP contribution in [0.3, 0.4) is 0 Å². The van der Waals surface area contributed by atoms with E-state index in [0.29, 0.717) is 5.15 Å². The molecule has 2 rings (SSSR count). The molecule has 0 fully saturated rings. The zero-order valence-electron chi connectivity index (χ0n) is 9.48. The number of aromatic nitrogens is 1. The van der Waals surface area contributed by atoms with Crippen molar-refractivity contribution in [1.82, 2.24) is 4.98 Å². The number of pyridine rings is 1. The molecular formula is C13H13ClN2S. The van der Waals surface area contributed by atoms with E-state index in [1.807, 2.05) is 19.1 Å². The van der Waals surface area contributed by atoms with Crippen molar-refractivity contribution in [1.29, 1.82) is 0 Å². The van der Waals surface area contributed by atoms with Gasteiger partial charge in [-0.25, -0.2) is 4.98 Å². The third kappa shape index (κ3) is 3.38. The standard InChI is InChI=1S/C13H13ClN2S/c1-9-2-4-12(11(15)6-9)17-8-10-3-5-13(14)16-7-10/h2-7H,8,15H2,1H3. The van der Waals surface area contributed by atoms with Crippen LogP contribution < -0.4 is 5.73 Å². The van der Waals surface area contributed by atoms with Gasteiger partial charge in [0.25, 0.3) is 0 Å². The molecule has 4 heteroatoms. The summed E-state index contributed by atoms with van der Waals surface area (Å²) in [5.74, 6) is 0.845. The van der Waals surface area contributed by atoms with Gasteiger partial charge in [0, 0.05) is 22.5 Å². The number of hydrogen-bond acceptors (Lipinski definition) is 3. The first-order valence-corrected chi connectivity index (χ1v) is 6.61. The number of nitrogens with two attached hydrogens (primary N) is 1. The molecule has 1 aromatic heterocycles. The number of rotatable bonds is 3. The van der Waals surface area contributed by atoms with Crippen LogP contribution in [0.2, 0.25) is 5.15 Å². The Hall–Kier alpha value is -1.19. The van der Waals surface area contributed by atoms with Gasteiger partial charge in [0.1, 0.15) is 5.15 Å². The highest BCUT2D eigenvalue weighted by Crippen LogP contribution is 2.28. The molecule has 0 aliphatic carbocycles. The van der Waals surface area contributed by atoms with Crippen molar-refractivity contribution in [2.24, 2.45) is 0 Å². The van der Waals surface area contributed by atoms with Crippen molar-refractivity contribution < 1.29 is 0 Å². The number of nitrogen functional groups attached to an aromatic ring is 1. The molecule has 0 atom stereocenters. The Morgan fingerprint density at radius 3 is 2.76 bits per heavy atom. The van der Waals surface area contributed by atoms with Gasteiger partial charge in [-0.05, 0) is 36.2 Å². The van der Waals surface area contributed by atoms with E-state index in [4.69, 9.17) is 17.3 Å². The van der Waals surface area contributed by atoms with Crippen molar-refractivity contribution in [2.45, 2.75) is 17.6 Å². The highest BCUT2D eigenvalue weighted by atomic mass is 35.5. The summed E-state index contributed by atoms with van der Waals surface area (Å²) in [7, 11) is 0. The van der Waals surface area contributed by atoms with Crippen molar-refractivity contribution in [3.05, 3.63) is 52.8 Å². The molecular weight excluding hydrogens is 252 g/mol. The summed E-state index contributed by atoms with van der Waals surface area (Å²) in [6.45, 7) is 2.04. The highest BCUT2D eigenvalue weighted by Gasteiger charge is 2.01. The van der Waals surface area contributed by atoms with Crippen LogP contribution in [-0.4, -0.2) is 4.98 Å². The average Bonchev–Trinajstić information content (AvgIpc) is 2.30. The molecule has 0 bridgehead atoms. The van der Waals surface area contributed by atoms with Crippen LogP contribution in [0.5, 0.6) is 0 Å². The zero-order valence-corrected chi connectivity index (χ0v) is 11.1. The quantitative estimate of drug-likeness (QED) is 0.519. The van der Waals surface area contributed by atoms with E-state index in [1.54, 1.807) is 24.0 Å². The van der Waals surface area contributed by atoms with Gasteiger partial charge in [0.15, 0.2) is 0 Å². The van der Waals surface area contributed by atoms with Crippen LogP contribution in [0.1, 0.15) is 11.1 Å². The molecule has 0 unspecified atom stereocenters. The number of anilines is 1. The molecule has 88 valence electrons. The Kier molecular flexibility index (Phi) is 3.92. The number of halogens is 1. The van der Waals surface area contributed by atoms with Crippen LogP contribution in [0.25, 0.3) is 0 Å². The lowest BCUT2D eigenvalue weighted by molar-refractivity contribution is 1.25. The van der Waals surface area contributed by atoms with E-state index in [0.717, 1.165) is 21.9 Å². The largest absolute Gasteiger partial charge is 0.398 e. The lowest BCUT2D eigenvalue weighted by Crippen LogP contribution is -1.90. The maximum Gasteiger partial charge on any atom is 0.129 e. The SMILES string of the molecule is Cc1ccc(SCc2ccc(Cl)nc2)c(N)c1. The second-order valence-corrected chi connectivity index (χ2v) is 5.22. The zero-order chi connectivity index (χ0) is 12.3. The summed E-state index contributed by atoms with van der Waals surface area (Å²) in [5.41, 5.74) is 9.10. The molecule has 2 N–H and O–H groups in total. The third-order valence-corrected chi connectivity index (χ3v) is 3.73. The van der Waals surface area contributed by atoms with E-state index in [9.17, 15) is 0 Å². The van der Waals surface area contributed by atoms with Gasteiger partial charge in [0.2, 0.25) is 0 Å². The molecule has 0 aliphatic rings. The predicted octanol–water partition coefficient (Wildman–Crippen LogP) is 3.92. The van der Waals surface area contributed by atoms with E-state index < -0.39 is 0 Å². The third-order valence-electron chi connectivity index (χ3n) is 2.35. The normalized spacial score (nSPS) is 10.5. The van der Waals surface area contributed by atoms with Crippen molar-refractivity contribution in [3.8, 4) is 0 Å². The second kappa shape index (κ2) is 5.43. The summed E-state index contributed by atoms with van der Waals surface area (Å²) in [6, 6.07) is 9.89. The fraction of sp³-hybridized carbons (Fsp3) is 0.154. The van der Waals surface area contributed by atoms with Crippen LogP contribution in [-0.2, 0) is 5.75 Å². The van der Waals surface area contributed by atoms with Gasteiger partial charge in [0.05, 0.1) is 0 Å². The average molecular weight is 265 g/mol. The number of thioether (sulfide) groups is 1. The molecule has 2 nitrogen and oxygen atoms in total. The van der Waals surface area contributed by atoms with E-state index in [1.165, 1.54) is 5.56 Å². The van der Waals surface area contributed by atoms with Crippen molar-refractivity contribution in [3.63, 3.8) is 0 Å². The number of hydrogen-bond donors (Lipinski definition) is 1. The molecule has 17 heavy (non-hydrogen) atoms. The molecule has 0 aliphatic heterocycles. The van der Waals surface area contributed by atoms with E-state index in [-0.39, 0.29) is 0 Å². The van der Waals surface area contributed by atoms with E-state index in [2.05, 4.69) is 17.1 Å². The number of benzene rings is 1. The molecule has 0 saturated heterocycles. The summed E-state index contributed by atoms with van der Waals surface area (Å²) in [5, 5.41) is 0.522. The second-order valence-electron chi connectivity index (χ2n) is 3.82. The Morgan fingerprint density at radius 2 is 2.12 bits per heavy atom. The fourth-order valence-electron chi connectivity index (χ4n) is 1.45. The summed E-state index contributed by atoms with van der Waals surface area (Å²) in [6.07, 6.45) is 1.79. The van der Waals surface area contributed by atoms with Gasteiger partial charge < -0.3 is 5.73 Å². The minimum Gasteiger partial charge on any atom is -0.398 e. The van der Waals surface area contributed by atoms with E-state index >= 15 is 0 Å².